The third-order valence-electron chi connectivity index (χ3n) is 4.97. The number of imidazole rings is 1. The number of aromatic nitrogens is 3. The fraction of sp³-hybridized carbons (Fsp3) is 0.350. The maximum absolute atomic E-state index is 12.7. The normalized spacial score (nSPS) is 17.2. The number of carbonyl (C=O) groups is 1. The first-order valence-electron chi connectivity index (χ1n) is 9.13. The summed E-state index contributed by atoms with van der Waals surface area (Å²) in [4.78, 5) is 23.6. The van der Waals surface area contributed by atoms with Crippen molar-refractivity contribution in [2.24, 2.45) is 0 Å². The van der Waals surface area contributed by atoms with E-state index in [-0.39, 0.29) is 17.6 Å². The lowest BCUT2D eigenvalue weighted by Crippen LogP contribution is -2.40. The lowest BCUT2D eigenvalue weighted by atomic mass is 9.96. The molecule has 0 radical (unpaired) electrons. The number of benzene rings is 1. The first kappa shape index (κ1) is 17.7. The van der Waals surface area contributed by atoms with Crippen LogP contribution in [0, 0.1) is 0 Å². The number of thiazole rings is 1. The predicted octanol–water partition coefficient (Wildman–Crippen LogP) is 3.04. The van der Waals surface area contributed by atoms with Crippen LogP contribution in [0.25, 0.3) is 0 Å². The molecule has 3 heterocycles. The highest BCUT2D eigenvalue weighted by atomic mass is 32.1. The Hall–Kier alpha value is -2.67. The van der Waals surface area contributed by atoms with Gasteiger partial charge in [-0.3, -0.25) is 4.79 Å². The molecule has 140 valence electrons. The number of nitrogens with zero attached hydrogens (tertiary/aromatic N) is 4. The zero-order valence-corrected chi connectivity index (χ0v) is 15.8. The predicted molar refractivity (Wildman–Crippen MR) is 104 cm³/mol. The van der Waals surface area contributed by atoms with Crippen molar-refractivity contribution in [1.29, 1.82) is 0 Å². The van der Waals surface area contributed by atoms with E-state index < -0.39 is 0 Å². The third-order valence-corrected chi connectivity index (χ3v) is 5.60. The van der Waals surface area contributed by atoms with Crippen LogP contribution in [0.1, 0.15) is 35.8 Å². The lowest BCUT2D eigenvalue weighted by Gasteiger charge is -2.32. The average Bonchev–Trinajstić information content (AvgIpc) is 3.34. The summed E-state index contributed by atoms with van der Waals surface area (Å²) < 4.78 is 2.14. The topological polar surface area (TPSA) is 71.2 Å². The highest BCUT2D eigenvalue weighted by molar-refractivity contribution is 7.07. The fourth-order valence-corrected chi connectivity index (χ4v) is 4.22. The summed E-state index contributed by atoms with van der Waals surface area (Å²) in [7, 11) is 0. The molecule has 27 heavy (non-hydrogen) atoms. The number of carbonyl (C=O) groups excluding carboxylic acids is 1. The summed E-state index contributed by atoms with van der Waals surface area (Å²) in [6, 6.07) is 6.92. The summed E-state index contributed by atoms with van der Waals surface area (Å²) in [5, 5.41) is 11.7. The number of phenols is 1. The second kappa shape index (κ2) is 7.92. The van der Waals surface area contributed by atoms with Gasteiger partial charge >= 0.3 is 0 Å². The molecule has 1 aliphatic rings. The first-order chi connectivity index (χ1) is 13.2. The average molecular weight is 382 g/mol. The molecule has 0 aliphatic carbocycles. The van der Waals surface area contributed by atoms with Gasteiger partial charge in [0.1, 0.15) is 11.6 Å². The Bertz CT molecular complexity index is 906. The maximum Gasteiger partial charge on any atom is 0.227 e. The third kappa shape index (κ3) is 4.19. The monoisotopic (exact) mass is 382 g/mol. The Kier molecular flexibility index (Phi) is 5.20. The fourth-order valence-electron chi connectivity index (χ4n) is 3.67. The van der Waals surface area contributed by atoms with Crippen LogP contribution >= 0.6 is 11.3 Å². The molecule has 6 nitrogen and oxygen atoms in total. The van der Waals surface area contributed by atoms with Gasteiger partial charge in [0.25, 0.3) is 0 Å². The minimum atomic E-state index is 0.0999. The van der Waals surface area contributed by atoms with Crippen LogP contribution in [0.4, 0.5) is 0 Å². The van der Waals surface area contributed by atoms with Gasteiger partial charge in [0.05, 0.1) is 24.2 Å². The Morgan fingerprint density at radius 3 is 3.07 bits per heavy atom. The Labute approximate surface area is 162 Å². The van der Waals surface area contributed by atoms with Crippen molar-refractivity contribution >= 4 is 17.2 Å². The second-order valence-corrected chi connectivity index (χ2v) is 7.64. The van der Waals surface area contributed by atoms with E-state index in [1.807, 2.05) is 28.9 Å². The van der Waals surface area contributed by atoms with E-state index in [0.717, 1.165) is 36.5 Å². The molecule has 1 atom stereocenters. The lowest BCUT2D eigenvalue weighted by molar-refractivity contribution is -0.131. The van der Waals surface area contributed by atoms with Crippen LogP contribution in [0.5, 0.6) is 5.75 Å². The zero-order valence-electron chi connectivity index (χ0n) is 15.0. The van der Waals surface area contributed by atoms with Gasteiger partial charge in [-0.25, -0.2) is 9.97 Å². The molecule has 1 saturated heterocycles. The van der Waals surface area contributed by atoms with Crippen LogP contribution in [-0.2, 0) is 17.8 Å². The van der Waals surface area contributed by atoms with E-state index in [2.05, 4.69) is 19.9 Å². The smallest absolute Gasteiger partial charge is 0.227 e. The van der Waals surface area contributed by atoms with Crippen LogP contribution in [0.3, 0.4) is 0 Å². The molecule has 2 aromatic heterocycles. The SMILES string of the molecule is O=C(Cc1cccc(O)c1)N1CCC[C@@H](c2nccn2Cc2cscn2)C1. The van der Waals surface area contributed by atoms with Crippen molar-refractivity contribution in [2.75, 3.05) is 13.1 Å². The molecular formula is C20H22N4O2S. The van der Waals surface area contributed by atoms with Crippen LogP contribution in [0.2, 0.25) is 0 Å². The van der Waals surface area contributed by atoms with E-state index >= 15 is 0 Å². The molecule has 1 N–H and O–H groups in total. The van der Waals surface area contributed by atoms with E-state index in [1.165, 1.54) is 0 Å². The van der Waals surface area contributed by atoms with Gasteiger partial charge in [-0.1, -0.05) is 12.1 Å². The van der Waals surface area contributed by atoms with Crippen molar-refractivity contribution in [3.05, 3.63) is 64.6 Å². The number of aromatic hydroxyl groups is 1. The van der Waals surface area contributed by atoms with Gasteiger partial charge in [0, 0.05) is 36.8 Å². The molecule has 0 unspecified atom stereocenters. The number of amides is 1. The number of hydrogen-bond donors (Lipinski definition) is 1. The second-order valence-electron chi connectivity index (χ2n) is 6.92. The Morgan fingerprint density at radius 1 is 1.33 bits per heavy atom. The van der Waals surface area contributed by atoms with Gasteiger partial charge < -0.3 is 14.6 Å². The van der Waals surface area contributed by atoms with Gasteiger partial charge in [0.15, 0.2) is 0 Å². The highest BCUT2D eigenvalue weighted by Gasteiger charge is 2.27. The summed E-state index contributed by atoms with van der Waals surface area (Å²) in [5.41, 5.74) is 3.72. The molecule has 0 saturated carbocycles. The highest BCUT2D eigenvalue weighted by Crippen LogP contribution is 2.27. The first-order valence-corrected chi connectivity index (χ1v) is 10.1. The van der Waals surface area contributed by atoms with Crippen molar-refractivity contribution in [3.63, 3.8) is 0 Å². The number of rotatable bonds is 5. The van der Waals surface area contributed by atoms with Gasteiger partial charge in [0.2, 0.25) is 5.91 Å². The van der Waals surface area contributed by atoms with Gasteiger partial charge in [-0.05, 0) is 30.5 Å². The van der Waals surface area contributed by atoms with Crippen molar-refractivity contribution in [3.8, 4) is 5.75 Å². The molecular weight excluding hydrogens is 360 g/mol. The Balaban J connectivity index is 1.44. The van der Waals surface area contributed by atoms with Crippen molar-refractivity contribution in [2.45, 2.75) is 31.7 Å². The number of hydrogen-bond acceptors (Lipinski definition) is 5. The molecule has 1 aliphatic heterocycles. The molecule has 1 amide bonds. The molecule has 1 aromatic carbocycles. The molecule has 3 aromatic rings. The molecule has 4 rings (SSSR count). The van der Waals surface area contributed by atoms with Gasteiger partial charge in [-0.2, -0.15) is 0 Å². The van der Waals surface area contributed by atoms with Crippen LogP contribution < -0.4 is 0 Å². The Morgan fingerprint density at radius 2 is 2.26 bits per heavy atom. The van der Waals surface area contributed by atoms with E-state index in [0.29, 0.717) is 19.5 Å². The standard InChI is InChI=1S/C20H22N4O2S/c25-18-5-1-3-15(9-18)10-19(26)23-7-2-4-16(11-23)20-21-6-8-24(20)12-17-13-27-14-22-17/h1,3,5-6,8-9,13-14,16,25H,2,4,7,10-12H2/t16-/m1/s1. The summed E-state index contributed by atoms with van der Waals surface area (Å²) in [6.45, 7) is 2.18. The quantitative estimate of drug-likeness (QED) is 0.736. The summed E-state index contributed by atoms with van der Waals surface area (Å²) in [6.07, 6.45) is 6.13. The molecule has 0 spiro atoms. The zero-order chi connectivity index (χ0) is 18.6. The summed E-state index contributed by atoms with van der Waals surface area (Å²) >= 11 is 1.59. The summed E-state index contributed by atoms with van der Waals surface area (Å²) in [5.74, 6) is 1.56. The van der Waals surface area contributed by atoms with Gasteiger partial charge in [-0.15, -0.1) is 11.3 Å². The molecule has 1 fully saturated rings. The minimum absolute atomic E-state index is 0.0999. The largest absolute Gasteiger partial charge is 0.508 e. The van der Waals surface area contributed by atoms with Crippen molar-refractivity contribution < 1.29 is 9.90 Å². The number of piperidine rings is 1. The van der Waals surface area contributed by atoms with E-state index in [9.17, 15) is 9.90 Å². The van der Waals surface area contributed by atoms with E-state index in [1.54, 1.807) is 29.5 Å². The van der Waals surface area contributed by atoms with Crippen LogP contribution in [-0.4, -0.2) is 43.5 Å². The molecule has 0 bridgehead atoms. The van der Waals surface area contributed by atoms with E-state index in [4.69, 9.17) is 0 Å². The number of phenolic OH excluding ortho intramolecular Hbond substituents is 1. The molecule has 7 heteroatoms. The van der Waals surface area contributed by atoms with Crippen molar-refractivity contribution in [1.82, 2.24) is 19.4 Å². The minimum Gasteiger partial charge on any atom is -0.508 e. The number of likely N-dealkylation sites (tertiary alicyclic amines) is 1. The van der Waals surface area contributed by atoms with Crippen LogP contribution in [0.15, 0.2) is 47.5 Å². The maximum atomic E-state index is 12.7.